The van der Waals surface area contributed by atoms with E-state index in [2.05, 4.69) is 16.0 Å². The summed E-state index contributed by atoms with van der Waals surface area (Å²) in [5.74, 6) is 0.187. The van der Waals surface area contributed by atoms with Gasteiger partial charge in [0.25, 0.3) is 5.91 Å². The molecule has 0 unspecified atom stereocenters. The van der Waals surface area contributed by atoms with E-state index < -0.39 is 5.91 Å². The molecule has 0 bridgehead atoms. The van der Waals surface area contributed by atoms with E-state index in [1.165, 1.54) is 0 Å². The van der Waals surface area contributed by atoms with Crippen molar-refractivity contribution in [3.63, 3.8) is 0 Å². The quantitative estimate of drug-likeness (QED) is 0.488. The van der Waals surface area contributed by atoms with Gasteiger partial charge in [-0.15, -0.1) is 0 Å². The molecule has 3 rings (SSSR count). The molecule has 7 heteroatoms. The second-order valence-electron chi connectivity index (χ2n) is 6.27. The number of nitrogens with two attached hydrogens (primary N) is 1. The molecule has 3 aromatic rings. The van der Waals surface area contributed by atoms with Gasteiger partial charge in [-0.25, -0.2) is 4.79 Å². The first kappa shape index (κ1) is 19.8. The Morgan fingerprint density at radius 2 is 1.62 bits per heavy atom. The number of ether oxygens (including phenoxy) is 1. The molecule has 0 saturated heterocycles. The number of nitrogens with one attached hydrogen (secondary N) is 3. The van der Waals surface area contributed by atoms with Crippen molar-refractivity contribution in [1.82, 2.24) is 0 Å². The van der Waals surface area contributed by atoms with Gasteiger partial charge in [0, 0.05) is 29.7 Å². The van der Waals surface area contributed by atoms with Crippen molar-refractivity contribution in [3.05, 3.63) is 83.9 Å². The maximum Gasteiger partial charge on any atom is 0.323 e. The van der Waals surface area contributed by atoms with E-state index in [0.29, 0.717) is 34.9 Å². The molecule has 29 heavy (non-hydrogen) atoms. The van der Waals surface area contributed by atoms with Gasteiger partial charge < -0.3 is 26.4 Å². The third-order valence-corrected chi connectivity index (χ3v) is 4.21. The molecule has 0 aliphatic carbocycles. The molecule has 0 fully saturated rings. The van der Waals surface area contributed by atoms with Crippen LogP contribution < -0.4 is 26.4 Å². The van der Waals surface area contributed by atoms with Crippen molar-refractivity contribution in [1.29, 1.82) is 0 Å². The number of para-hydroxylation sites is 1. The van der Waals surface area contributed by atoms with Gasteiger partial charge in [-0.05, 0) is 42.0 Å². The minimum absolute atomic E-state index is 0.348. The summed E-state index contributed by atoms with van der Waals surface area (Å²) in [4.78, 5) is 23.6. The molecule has 7 nitrogen and oxygen atoms in total. The van der Waals surface area contributed by atoms with Crippen LogP contribution in [0.3, 0.4) is 0 Å². The van der Waals surface area contributed by atoms with E-state index in [1.807, 2.05) is 30.3 Å². The zero-order valence-corrected chi connectivity index (χ0v) is 15.9. The lowest BCUT2D eigenvalue weighted by molar-refractivity contribution is 0.100. The van der Waals surface area contributed by atoms with Gasteiger partial charge >= 0.3 is 6.03 Å². The molecular weight excluding hydrogens is 368 g/mol. The van der Waals surface area contributed by atoms with Crippen molar-refractivity contribution in [2.24, 2.45) is 5.73 Å². The first-order valence-corrected chi connectivity index (χ1v) is 8.99. The highest BCUT2D eigenvalue weighted by atomic mass is 16.5. The summed E-state index contributed by atoms with van der Waals surface area (Å²) >= 11 is 0. The number of urea groups is 1. The topological polar surface area (TPSA) is 105 Å². The highest BCUT2D eigenvalue weighted by Gasteiger charge is 2.07. The number of methoxy groups -OCH3 is 1. The summed E-state index contributed by atoms with van der Waals surface area (Å²) in [5.41, 5.74) is 8.80. The molecule has 3 amide bonds. The summed E-state index contributed by atoms with van der Waals surface area (Å²) in [6.07, 6.45) is 0. The highest BCUT2D eigenvalue weighted by Crippen LogP contribution is 2.18. The van der Waals surface area contributed by atoms with E-state index in [4.69, 9.17) is 10.5 Å². The van der Waals surface area contributed by atoms with Crippen LogP contribution in [0.5, 0.6) is 5.75 Å². The number of rotatable bonds is 7. The van der Waals surface area contributed by atoms with Gasteiger partial charge in [0.2, 0.25) is 0 Å². The maximum absolute atomic E-state index is 12.2. The second kappa shape index (κ2) is 9.27. The van der Waals surface area contributed by atoms with E-state index >= 15 is 0 Å². The molecule has 3 aromatic carbocycles. The van der Waals surface area contributed by atoms with Crippen LogP contribution in [-0.4, -0.2) is 19.0 Å². The van der Waals surface area contributed by atoms with Crippen LogP contribution in [0.15, 0.2) is 72.8 Å². The number of amides is 3. The predicted molar refractivity (Wildman–Crippen MR) is 114 cm³/mol. The SMILES string of the molecule is COc1cccc(NC(=O)Nc2ccc(CNc3ccccc3C(N)=O)cc2)c1. The van der Waals surface area contributed by atoms with Crippen LogP contribution in [0.1, 0.15) is 15.9 Å². The summed E-state index contributed by atoms with van der Waals surface area (Å²) in [5, 5.41) is 8.74. The van der Waals surface area contributed by atoms with Crippen LogP contribution in [0.25, 0.3) is 0 Å². The fourth-order valence-corrected chi connectivity index (χ4v) is 2.75. The Kier molecular flexibility index (Phi) is 6.32. The van der Waals surface area contributed by atoms with Gasteiger partial charge in [0.15, 0.2) is 0 Å². The molecule has 0 atom stereocenters. The number of anilines is 3. The smallest absolute Gasteiger partial charge is 0.323 e. The number of primary amides is 1. The molecule has 0 saturated carbocycles. The van der Waals surface area contributed by atoms with Gasteiger partial charge in [0.1, 0.15) is 5.75 Å². The van der Waals surface area contributed by atoms with Crippen LogP contribution in [0.2, 0.25) is 0 Å². The molecule has 0 spiro atoms. The molecule has 0 aliphatic rings. The molecule has 0 radical (unpaired) electrons. The normalized spacial score (nSPS) is 10.1. The lowest BCUT2D eigenvalue weighted by Gasteiger charge is -2.11. The number of benzene rings is 3. The van der Waals surface area contributed by atoms with Gasteiger partial charge in [0.05, 0.1) is 12.7 Å². The minimum atomic E-state index is -0.477. The Morgan fingerprint density at radius 3 is 2.34 bits per heavy atom. The highest BCUT2D eigenvalue weighted by molar-refractivity contribution is 6.00. The number of hydrogen-bond donors (Lipinski definition) is 4. The number of carbonyl (C=O) groups is 2. The fourth-order valence-electron chi connectivity index (χ4n) is 2.75. The van der Waals surface area contributed by atoms with Crippen molar-refractivity contribution in [3.8, 4) is 5.75 Å². The van der Waals surface area contributed by atoms with Gasteiger partial charge in [-0.2, -0.15) is 0 Å². The Labute approximate surface area is 168 Å². The van der Waals surface area contributed by atoms with Crippen LogP contribution >= 0.6 is 0 Å². The largest absolute Gasteiger partial charge is 0.497 e. The maximum atomic E-state index is 12.2. The monoisotopic (exact) mass is 390 g/mol. The molecule has 0 aromatic heterocycles. The zero-order valence-electron chi connectivity index (χ0n) is 15.9. The van der Waals surface area contributed by atoms with Gasteiger partial charge in [-0.1, -0.05) is 30.3 Å². The van der Waals surface area contributed by atoms with Crippen molar-refractivity contribution >= 4 is 29.0 Å². The van der Waals surface area contributed by atoms with Crippen molar-refractivity contribution in [2.75, 3.05) is 23.1 Å². The van der Waals surface area contributed by atoms with Crippen LogP contribution in [0, 0.1) is 0 Å². The fraction of sp³-hybridized carbons (Fsp3) is 0.0909. The minimum Gasteiger partial charge on any atom is -0.497 e. The third kappa shape index (κ3) is 5.49. The summed E-state index contributed by atoms with van der Waals surface area (Å²) in [6.45, 7) is 0.514. The van der Waals surface area contributed by atoms with E-state index in [0.717, 1.165) is 5.56 Å². The van der Waals surface area contributed by atoms with E-state index in [-0.39, 0.29) is 6.03 Å². The van der Waals surface area contributed by atoms with Crippen molar-refractivity contribution < 1.29 is 14.3 Å². The van der Waals surface area contributed by atoms with Crippen LogP contribution in [-0.2, 0) is 6.54 Å². The van der Waals surface area contributed by atoms with Gasteiger partial charge in [-0.3, -0.25) is 4.79 Å². The third-order valence-electron chi connectivity index (χ3n) is 4.21. The molecule has 5 N–H and O–H groups in total. The standard InChI is InChI=1S/C22H22N4O3/c1-29-18-6-4-5-17(13-18)26-22(28)25-16-11-9-15(10-12-16)14-24-20-8-3-2-7-19(20)21(23)27/h2-13,24H,14H2,1H3,(H2,23,27)(H2,25,26,28). The van der Waals surface area contributed by atoms with Crippen molar-refractivity contribution in [2.45, 2.75) is 6.54 Å². The van der Waals surface area contributed by atoms with Crippen LogP contribution in [0.4, 0.5) is 21.9 Å². The Bertz CT molecular complexity index is 1000. The first-order chi connectivity index (χ1) is 14.0. The Hall–Kier alpha value is -4.00. The Balaban J connectivity index is 1.56. The summed E-state index contributed by atoms with van der Waals surface area (Å²) in [7, 11) is 1.57. The summed E-state index contributed by atoms with van der Waals surface area (Å²) in [6, 6.07) is 21.2. The second-order valence-corrected chi connectivity index (χ2v) is 6.27. The molecule has 148 valence electrons. The Morgan fingerprint density at radius 1 is 0.897 bits per heavy atom. The lowest BCUT2D eigenvalue weighted by Crippen LogP contribution is -2.19. The number of hydrogen-bond acceptors (Lipinski definition) is 4. The lowest BCUT2D eigenvalue weighted by atomic mass is 10.1. The van der Waals surface area contributed by atoms with E-state index in [9.17, 15) is 9.59 Å². The predicted octanol–water partition coefficient (Wildman–Crippen LogP) is 4.05. The molecule has 0 heterocycles. The molecule has 0 aliphatic heterocycles. The van der Waals surface area contributed by atoms with E-state index in [1.54, 1.807) is 49.6 Å². The zero-order chi connectivity index (χ0) is 20.6. The average Bonchev–Trinajstić information content (AvgIpc) is 2.73. The summed E-state index contributed by atoms with van der Waals surface area (Å²) < 4.78 is 5.14. The molecular formula is C22H22N4O3. The number of carbonyl (C=O) groups excluding carboxylic acids is 2. The average molecular weight is 390 g/mol. The first-order valence-electron chi connectivity index (χ1n) is 8.99.